The lowest BCUT2D eigenvalue weighted by Crippen LogP contribution is -2.35. The van der Waals surface area contributed by atoms with Gasteiger partial charge < -0.3 is 16.2 Å². The molecule has 0 aliphatic rings. The minimum Gasteiger partial charge on any atom is -0.396 e. The van der Waals surface area contributed by atoms with E-state index in [0.717, 1.165) is 0 Å². The van der Waals surface area contributed by atoms with Gasteiger partial charge in [0.1, 0.15) is 0 Å². The van der Waals surface area contributed by atoms with Gasteiger partial charge in [0.2, 0.25) is 0 Å². The Morgan fingerprint density at radius 2 is 2.06 bits per heavy atom. The van der Waals surface area contributed by atoms with Crippen molar-refractivity contribution < 1.29 is 18.3 Å². The zero-order valence-electron chi connectivity index (χ0n) is 8.05. The molecule has 3 nitrogen and oxygen atoms in total. The van der Waals surface area contributed by atoms with Gasteiger partial charge in [-0.3, -0.25) is 0 Å². The van der Waals surface area contributed by atoms with E-state index in [-0.39, 0.29) is 16.4 Å². The van der Waals surface area contributed by atoms with Crippen molar-refractivity contribution in [3.8, 4) is 0 Å². The molecule has 0 amide bonds. The molecular weight excluding hydrogens is 245 g/mol. The number of hydrogen-bond donors (Lipinski definition) is 3. The first kappa shape index (κ1) is 12.9. The molecule has 1 atom stereocenters. The fraction of sp³-hybridized carbons (Fsp3) is 0.333. The number of benzene rings is 1. The Kier molecular flexibility index (Phi) is 3.88. The van der Waals surface area contributed by atoms with Crippen molar-refractivity contribution in [1.29, 1.82) is 0 Å². The summed E-state index contributed by atoms with van der Waals surface area (Å²) in [7, 11) is 0. The predicted molar refractivity (Wildman–Crippen MR) is 56.4 cm³/mol. The Labute approximate surface area is 95.0 Å². The number of alkyl halides is 3. The molecule has 16 heavy (non-hydrogen) atoms. The summed E-state index contributed by atoms with van der Waals surface area (Å²) in [5.74, 6) is 0. The smallest absolute Gasteiger partial charge is 0.396 e. The van der Waals surface area contributed by atoms with Gasteiger partial charge in [-0.1, -0.05) is 17.7 Å². The van der Waals surface area contributed by atoms with Crippen molar-refractivity contribution in [3.63, 3.8) is 0 Å². The van der Waals surface area contributed by atoms with Gasteiger partial charge in [-0.15, -0.1) is 0 Å². The Morgan fingerprint density at radius 3 is 2.62 bits per heavy atom. The fourth-order valence-electron chi connectivity index (χ4n) is 1.01. The second kappa shape index (κ2) is 4.80. The van der Waals surface area contributed by atoms with Crippen molar-refractivity contribution in [2.75, 3.05) is 17.6 Å². The lowest BCUT2D eigenvalue weighted by Gasteiger charge is -2.16. The maximum Gasteiger partial charge on any atom is 0.416 e. The second-order valence-electron chi connectivity index (χ2n) is 3.14. The molecule has 90 valence electrons. The maximum absolute atomic E-state index is 12.0. The molecule has 4 N–H and O–H groups in total. The summed E-state index contributed by atoms with van der Waals surface area (Å²) in [4.78, 5) is 0. The van der Waals surface area contributed by atoms with Gasteiger partial charge in [-0.05, 0) is 12.1 Å². The molecule has 1 aromatic carbocycles. The third kappa shape index (κ3) is 3.18. The standard InChI is InChI=1S/C9H10ClF3N2O/c10-5-2-1-3-6(8(5)14)15-4-7(16)9(11,12)13/h1-3,7,15-16H,4,14H2. The third-order valence-electron chi connectivity index (χ3n) is 1.92. The van der Waals surface area contributed by atoms with E-state index in [4.69, 9.17) is 22.4 Å². The highest BCUT2D eigenvalue weighted by Crippen LogP contribution is 2.27. The summed E-state index contributed by atoms with van der Waals surface area (Å²) in [6.45, 7) is -0.673. The second-order valence-corrected chi connectivity index (χ2v) is 3.55. The molecule has 0 spiro atoms. The zero-order valence-corrected chi connectivity index (χ0v) is 8.81. The summed E-state index contributed by atoms with van der Waals surface area (Å²) in [6.07, 6.45) is -7.09. The molecule has 7 heteroatoms. The largest absolute Gasteiger partial charge is 0.416 e. The van der Waals surface area contributed by atoms with Gasteiger partial charge in [0.15, 0.2) is 6.10 Å². The van der Waals surface area contributed by atoms with Crippen LogP contribution in [0.5, 0.6) is 0 Å². The third-order valence-corrected chi connectivity index (χ3v) is 2.25. The molecule has 0 aliphatic heterocycles. The van der Waals surface area contributed by atoms with Crippen LogP contribution in [-0.4, -0.2) is 23.9 Å². The van der Waals surface area contributed by atoms with Crippen LogP contribution in [0.2, 0.25) is 5.02 Å². The highest BCUT2D eigenvalue weighted by Gasteiger charge is 2.37. The number of nitrogens with two attached hydrogens (primary N) is 1. The summed E-state index contributed by atoms with van der Waals surface area (Å²) in [6, 6.07) is 4.54. The number of hydrogen-bond acceptors (Lipinski definition) is 3. The van der Waals surface area contributed by atoms with E-state index in [0.29, 0.717) is 0 Å². The maximum atomic E-state index is 12.0. The molecule has 0 fully saturated rings. The predicted octanol–water partition coefficient (Wildman–Crippen LogP) is 2.26. The lowest BCUT2D eigenvalue weighted by molar-refractivity contribution is -0.198. The van der Waals surface area contributed by atoms with E-state index in [1.54, 1.807) is 6.07 Å². The number of halogens is 4. The highest BCUT2D eigenvalue weighted by atomic mass is 35.5. The van der Waals surface area contributed by atoms with Gasteiger partial charge in [-0.2, -0.15) is 13.2 Å². The van der Waals surface area contributed by atoms with Crippen molar-refractivity contribution in [1.82, 2.24) is 0 Å². The monoisotopic (exact) mass is 254 g/mol. The average Bonchev–Trinajstić information content (AvgIpc) is 2.18. The van der Waals surface area contributed by atoms with Crippen molar-refractivity contribution in [2.24, 2.45) is 0 Å². The summed E-state index contributed by atoms with van der Waals surface area (Å²) < 4.78 is 36.0. The van der Waals surface area contributed by atoms with Crippen molar-refractivity contribution in [2.45, 2.75) is 12.3 Å². The summed E-state index contributed by atoms with van der Waals surface area (Å²) in [5, 5.41) is 11.4. The van der Waals surface area contributed by atoms with Crippen LogP contribution in [0, 0.1) is 0 Å². The minimum atomic E-state index is -4.65. The van der Waals surface area contributed by atoms with Crippen LogP contribution < -0.4 is 11.1 Å². The SMILES string of the molecule is Nc1c(Cl)cccc1NCC(O)C(F)(F)F. The quantitative estimate of drug-likeness (QED) is 0.725. The van der Waals surface area contributed by atoms with Crippen LogP contribution in [-0.2, 0) is 0 Å². The van der Waals surface area contributed by atoms with Crippen molar-refractivity contribution >= 4 is 23.0 Å². The molecular formula is C9H10ClF3N2O. The zero-order chi connectivity index (χ0) is 12.3. The highest BCUT2D eigenvalue weighted by molar-refractivity contribution is 6.33. The van der Waals surface area contributed by atoms with Gasteiger partial charge in [0, 0.05) is 6.54 Å². The number of aliphatic hydroxyl groups excluding tert-OH is 1. The Balaban J connectivity index is 2.65. The molecule has 0 bridgehead atoms. The Hall–Kier alpha value is -1.14. The van der Waals surface area contributed by atoms with Crippen LogP contribution >= 0.6 is 11.6 Å². The molecule has 0 aromatic heterocycles. The van der Waals surface area contributed by atoms with E-state index < -0.39 is 18.8 Å². The van der Waals surface area contributed by atoms with E-state index in [9.17, 15) is 13.2 Å². The molecule has 0 saturated carbocycles. The van der Waals surface area contributed by atoms with Gasteiger partial charge in [-0.25, -0.2) is 0 Å². The topological polar surface area (TPSA) is 58.3 Å². The van der Waals surface area contributed by atoms with Crippen LogP contribution in [0.4, 0.5) is 24.5 Å². The number of nitrogens with one attached hydrogen (secondary N) is 1. The minimum absolute atomic E-state index is 0.151. The van der Waals surface area contributed by atoms with Gasteiger partial charge in [0.25, 0.3) is 0 Å². The first-order valence-corrected chi connectivity index (χ1v) is 4.73. The first-order chi connectivity index (χ1) is 7.32. The fourth-order valence-corrected chi connectivity index (χ4v) is 1.19. The Morgan fingerprint density at radius 1 is 1.44 bits per heavy atom. The van der Waals surface area contributed by atoms with E-state index in [1.807, 2.05) is 0 Å². The summed E-state index contributed by atoms with van der Waals surface area (Å²) in [5.41, 5.74) is 5.93. The number of aliphatic hydroxyl groups is 1. The summed E-state index contributed by atoms with van der Waals surface area (Å²) >= 11 is 5.67. The lowest BCUT2D eigenvalue weighted by atomic mass is 10.2. The molecule has 0 saturated heterocycles. The molecule has 0 aliphatic carbocycles. The van der Waals surface area contributed by atoms with Crippen LogP contribution in [0.1, 0.15) is 0 Å². The van der Waals surface area contributed by atoms with Crippen LogP contribution in [0.3, 0.4) is 0 Å². The van der Waals surface area contributed by atoms with Crippen LogP contribution in [0.15, 0.2) is 18.2 Å². The van der Waals surface area contributed by atoms with Gasteiger partial charge >= 0.3 is 6.18 Å². The molecule has 0 radical (unpaired) electrons. The van der Waals surface area contributed by atoms with Crippen LogP contribution in [0.25, 0.3) is 0 Å². The molecule has 1 rings (SSSR count). The average molecular weight is 255 g/mol. The molecule has 1 aromatic rings. The number of para-hydroxylation sites is 1. The van der Waals surface area contributed by atoms with E-state index >= 15 is 0 Å². The first-order valence-electron chi connectivity index (χ1n) is 4.35. The number of anilines is 2. The normalized spacial score (nSPS) is 13.6. The molecule has 1 unspecified atom stereocenters. The van der Waals surface area contributed by atoms with Crippen molar-refractivity contribution in [3.05, 3.63) is 23.2 Å². The number of nitrogen functional groups attached to an aromatic ring is 1. The number of rotatable bonds is 3. The van der Waals surface area contributed by atoms with Gasteiger partial charge in [0.05, 0.1) is 16.4 Å². The van der Waals surface area contributed by atoms with E-state index in [2.05, 4.69) is 5.32 Å². The van der Waals surface area contributed by atoms with E-state index in [1.165, 1.54) is 12.1 Å². The molecule has 0 heterocycles. The Bertz CT molecular complexity index is 370.